The van der Waals surface area contributed by atoms with Crippen molar-refractivity contribution in [1.82, 2.24) is 4.98 Å². The smallest absolute Gasteiger partial charge is 0.216 e. The van der Waals surface area contributed by atoms with E-state index in [0.717, 1.165) is 0 Å². The summed E-state index contributed by atoms with van der Waals surface area (Å²) in [6.45, 7) is 0.249. The summed E-state index contributed by atoms with van der Waals surface area (Å²) in [5, 5.41) is 0.406. The number of nitrogens with two attached hydrogens (primary N) is 1. The monoisotopic (exact) mass is 190 g/mol. The van der Waals surface area contributed by atoms with Crippen LogP contribution in [0.1, 0.15) is 5.56 Å². The number of pyridine rings is 1. The van der Waals surface area contributed by atoms with Gasteiger partial charge in [0.2, 0.25) is 5.95 Å². The highest BCUT2D eigenvalue weighted by molar-refractivity contribution is 6.30. The number of hydrogen-bond acceptors (Lipinski definition) is 3. The maximum absolute atomic E-state index is 12.8. The molecule has 1 aromatic rings. The summed E-state index contributed by atoms with van der Waals surface area (Å²) < 4.78 is 12.8. The van der Waals surface area contributed by atoms with Crippen LogP contribution < -0.4 is 5.90 Å². The summed E-state index contributed by atoms with van der Waals surface area (Å²) in [6.07, 6.45) is 1.62. The number of aromatic nitrogens is 1. The first kappa shape index (κ1) is 9.38. The maximum atomic E-state index is 12.8. The fraction of sp³-hybridized carbons (Fsp3) is 0.286. The van der Waals surface area contributed by atoms with E-state index >= 15 is 0 Å². The van der Waals surface area contributed by atoms with Gasteiger partial charge in [-0.2, -0.15) is 4.39 Å². The largest absolute Gasteiger partial charge is 0.304 e. The lowest BCUT2D eigenvalue weighted by Gasteiger charge is -2.00. The van der Waals surface area contributed by atoms with Crippen molar-refractivity contribution in [1.29, 1.82) is 0 Å². The third-order valence-corrected chi connectivity index (χ3v) is 1.57. The fourth-order valence-corrected chi connectivity index (χ4v) is 0.989. The third-order valence-electron chi connectivity index (χ3n) is 1.37. The lowest BCUT2D eigenvalue weighted by atomic mass is 10.2. The highest BCUT2D eigenvalue weighted by atomic mass is 35.5. The minimum Gasteiger partial charge on any atom is -0.304 e. The Hall–Kier alpha value is -0.710. The van der Waals surface area contributed by atoms with Crippen LogP contribution in [0.5, 0.6) is 0 Å². The molecule has 0 saturated heterocycles. The van der Waals surface area contributed by atoms with E-state index in [2.05, 4.69) is 9.82 Å². The van der Waals surface area contributed by atoms with Crippen LogP contribution in [0.3, 0.4) is 0 Å². The van der Waals surface area contributed by atoms with E-state index in [0.29, 0.717) is 17.0 Å². The zero-order valence-electron chi connectivity index (χ0n) is 6.26. The normalized spacial score (nSPS) is 10.2. The standard InChI is InChI=1S/C7H8ClFN2O/c8-6-3-5(1-2-12-10)7(9)11-4-6/h3-4H,1-2,10H2. The zero-order valence-corrected chi connectivity index (χ0v) is 7.01. The van der Waals surface area contributed by atoms with E-state index in [-0.39, 0.29) is 6.61 Å². The van der Waals surface area contributed by atoms with Crippen LogP contribution in [0.4, 0.5) is 4.39 Å². The third kappa shape index (κ3) is 2.41. The molecule has 0 aliphatic heterocycles. The summed E-state index contributed by atoms with van der Waals surface area (Å²) in [5.74, 6) is 4.26. The molecular weight excluding hydrogens is 183 g/mol. The molecule has 1 heterocycles. The highest BCUT2D eigenvalue weighted by Gasteiger charge is 2.03. The molecule has 0 saturated carbocycles. The second kappa shape index (κ2) is 4.35. The first-order valence-electron chi connectivity index (χ1n) is 3.35. The molecule has 5 heteroatoms. The lowest BCUT2D eigenvalue weighted by Crippen LogP contribution is -2.05. The van der Waals surface area contributed by atoms with Gasteiger partial charge in [-0.3, -0.25) is 0 Å². The fourth-order valence-electron chi connectivity index (χ4n) is 0.809. The second-order valence-corrected chi connectivity index (χ2v) is 2.66. The Labute approximate surface area is 74.3 Å². The molecule has 0 unspecified atom stereocenters. The van der Waals surface area contributed by atoms with Crippen molar-refractivity contribution in [2.24, 2.45) is 5.90 Å². The molecule has 0 atom stereocenters. The van der Waals surface area contributed by atoms with Crippen LogP contribution in [0, 0.1) is 5.95 Å². The molecule has 0 radical (unpaired) electrons. The number of halogens is 2. The van der Waals surface area contributed by atoms with Crippen LogP contribution in [0.25, 0.3) is 0 Å². The van der Waals surface area contributed by atoms with Gasteiger partial charge in [-0.05, 0) is 6.07 Å². The van der Waals surface area contributed by atoms with Gasteiger partial charge in [-0.1, -0.05) is 11.6 Å². The van der Waals surface area contributed by atoms with Crippen LogP contribution in [0.15, 0.2) is 12.3 Å². The molecule has 66 valence electrons. The Morgan fingerprint density at radius 3 is 3.08 bits per heavy atom. The summed E-state index contributed by atoms with van der Waals surface area (Å²) in [7, 11) is 0. The van der Waals surface area contributed by atoms with Gasteiger partial charge in [0.1, 0.15) is 0 Å². The molecule has 0 fully saturated rings. The molecule has 12 heavy (non-hydrogen) atoms. The van der Waals surface area contributed by atoms with E-state index < -0.39 is 5.95 Å². The van der Waals surface area contributed by atoms with Gasteiger partial charge in [-0.15, -0.1) is 0 Å². The van der Waals surface area contributed by atoms with Gasteiger partial charge in [-0.25, -0.2) is 10.9 Å². The Morgan fingerprint density at radius 1 is 1.67 bits per heavy atom. The molecule has 2 N–H and O–H groups in total. The predicted molar refractivity (Wildman–Crippen MR) is 43.0 cm³/mol. The lowest BCUT2D eigenvalue weighted by molar-refractivity contribution is 0.140. The Morgan fingerprint density at radius 2 is 2.42 bits per heavy atom. The summed E-state index contributed by atoms with van der Waals surface area (Å²) in [6, 6.07) is 1.50. The van der Waals surface area contributed by atoms with E-state index in [1.807, 2.05) is 0 Å². The SMILES string of the molecule is NOCCc1cc(Cl)cnc1F. The number of rotatable bonds is 3. The molecule has 0 spiro atoms. The Bertz CT molecular complexity index is 270. The van der Waals surface area contributed by atoms with Crippen molar-refractivity contribution in [2.75, 3.05) is 6.61 Å². The van der Waals surface area contributed by atoms with Crippen molar-refractivity contribution in [3.63, 3.8) is 0 Å². The first-order chi connectivity index (χ1) is 5.74. The second-order valence-electron chi connectivity index (χ2n) is 2.22. The first-order valence-corrected chi connectivity index (χ1v) is 3.73. The van der Waals surface area contributed by atoms with Crippen LogP contribution in [-0.4, -0.2) is 11.6 Å². The highest BCUT2D eigenvalue weighted by Crippen LogP contribution is 2.12. The van der Waals surface area contributed by atoms with E-state index in [1.165, 1.54) is 12.3 Å². The summed E-state index contributed by atoms with van der Waals surface area (Å²) in [4.78, 5) is 7.74. The molecule has 0 aromatic carbocycles. The van der Waals surface area contributed by atoms with Gasteiger partial charge >= 0.3 is 0 Å². The van der Waals surface area contributed by atoms with Crippen molar-refractivity contribution >= 4 is 11.6 Å². The van der Waals surface area contributed by atoms with Gasteiger partial charge < -0.3 is 4.84 Å². The van der Waals surface area contributed by atoms with Crippen LogP contribution in [0.2, 0.25) is 5.02 Å². The topological polar surface area (TPSA) is 48.1 Å². The quantitative estimate of drug-likeness (QED) is 0.578. The van der Waals surface area contributed by atoms with Crippen molar-refractivity contribution < 1.29 is 9.23 Å². The summed E-state index contributed by atoms with van der Waals surface area (Å²) >= 11 is 5.59. The van der Waals surface area contributed by atoms with Gasteiger partial charge in [0.15, 0.2) is 0 Å². The average Bonchev–Trinajstić information content (AvgIpc) is 2.07. The minimum absolute atomic E-state index is 0.249. The van der Waals surface area contributed by atoms with Crippen molar-refractivity contribution in [3.8, 4) is 0 Å². The van der Waals surface area contributed by atoms with Crippen LogP contribution >= 0.6 is 11.6 Å². The molecule has 0 aliphatic rings. The molecule has 0 aliphatic carbocycles. The number of hydrogen-bond donors (Lipinski definition) is 1. The summed E-state index contributed by atoms with van der Waals surface area (Å²) in [5.41, 5.74) is 0.410. The predicted octanol–water partition coefficient (Wildman–Crippen LogP) is 1.31. The van der Waals surface area contributed by atoms with E-state index in [4.69, 9.17) is 17.5 Å². The molecule has 3 nitrogen and oxygen atoms in total. The molecule has 1 aromatic heterocycles. The van der Waals surface area contributed by atoms with Crippen molar-refractivity contribution in [2.45, 2.75) is 6.42 Å². The molecular formula is C7H8ClFN2O. The average molecular weight is 191 g/mol. The molecule has 0 amide bonds. The van der Waals surface area contributed by atoms with Gasteiger partial charge in [0.05, 0.1) is 11.6 Å². The Kier molecular flexibility index (Phi) is 3.40. The molecule has 0 bridgehead atoms. The van der Waals surface area contributed by atoms with Gasteiger partial charge in [0, 0.05) is 18.2 Å². The van der Waals surface area contributed by atoms with Crippen molar-refractivity contribution in [3.05, 3.63) is 28.8 Å². The van der Waals surface area contributed by atoms with E-state index in [1.54, 1.807) is 0 Å². The molecule has 1 rings (SSSR count). The minimum atomic E-state index is -0.531. The van der Waals surface area contributed by atoms with E-state index in [9.17, 15) is 4.39 Å². The maximum Gasteiger partial charge on any atom is 0.216 e. The Balaban J connectivity index is 2.75. The zero-order chi connectivity index (χ0) is 8.97. The van der Waals surface area contributed by atoms with Crippen LogP contribution in [-0.2, 0) is 11.3 Å². The van der Waals surface area contributed by atoms with Gasteiger partial charge in [0.25, 0.3) is 0 Å². The number of nitrogens with zero attached hydrogens (tertiary/aromatic N) is 1.